The fourth-order valence-electron chi connectivity index (χ4n) is 1.23. The molecule has 1 fully saturated rings. The van der Waals surface area contributed by atoms with Gasteiger partial charge < -0.3 is 9.47 Å². The molecular formula is C7H13ClO2. The van der Waals surface area contributed by atoms with Gasteiger partial charge in [-0.3, -0.25) is 0 Å². The van der Waals surface area contributed by atoms with Crippen molar-refractivity contribution >= 4 is 11.6 Å². The first-order chi connectivity index (χ1) is 4.88. The highest BCUT2D eigenvalue weighted by Gasteiger charge is 2.24. The summed E-state index contributed by atoms with van der Waals surface area (Å²) in [7, 11) is 1.71. The van der Waals surface area contributed by atoms with Crippen molar-refractivity contribution in [1.82, 2.24) is 0 Å². The van der Waals surface area contributed by atoms with Crippen molar-refractivity contribution < 1.29 is 9.47 Å². The molecule has 0 N–H and O–H groups in total. The largest absolute Gasteiger partial charge is 0.379 e. The van der Waals surface area contributed by atoms with Crippen molar-refractivity contribution in [1.29, 1.82) is 0 Å². The van der Waals surface area contributed by atoms with Gasteiger partial charge in [0.2, 0.25) is 0 Å². The van der Waals surface area contributed by atoms with Crippen LogP contribution in [0.15, 0.2) is 0 Å². The summed E-state index contributed by atoms with van der Waals surface area (Å²) in [6, 6.07) is 0. The SMILES string of the molecule is CO[C@H]1CCCO[C@@H]1CCl. The van der Waals surface area contributed by atoms with Crippen molar-refractivity contribution in [2.45, 2.75) is 25.0 Å². The minimum Gasteiger partial charge on any atom is -0.379 e. The van der Waals surface area contributed by atoms with Crippen LogP contribution in [-0.4, -0.2) is 31.8 Å². The van der Waals surface area contributed by atoms with E-state index in [1.54, 1.807) is 7.11 Å². The molecule has 1 aliphatic heterocycles. The molecule has 3 heteroatoms. The van der Waals surface area contributed by atoms with Gasteiger partial charge in [0.25, 0.3) is 0 Å². The third-order valence-corrected chi connectivity index (χ3v) is 2.14. The van der Waals surface area contributed by atoms with Crippen LogP contribution < -0.4 is 0 Å². The summed E-state index contributed by atoms with van der Waals surface area (Å²) in [5.74, 6) is 0.540. The second kappa shape index (κ2) is 4.16. The fourth-order valence-corrected chi connectivity index (χ4v) is 1.51. The van der Waals surface area contributed by atoms with E-state index in [0.29, 0.717) is 5.88 Å². The van der Waals surface area contributed by atoms with Gasteiger partial charge >= 0.3 is 0 Å². The van der Waals surface area contributed by atoms with Gasteiger partial charge in [0.1, 0.15) is 0 Å². The molecule has 0 aromatic rings. The summed E-state index contributed by atoms with van der Waals surface area (Å²) < 4.78 is 10.6. The van der Waals surface area contributed by atoms with Crippen LogP contribution in [0.5, 0.6) is 0 Å². The summed E-state index contributed by atoms with van der Waals surface area (Å²) in [5.41, 5.74) is 0. The molecule has 1 rings (SSSR count). The van der Waals surface area contributed by atoms with E-state index in [9.17, 15) is 0 Å². The molecule has 60 valence electrons. The summed E-state index contributed by atoms with van der Waals surface area (Å²) >= 11 is 5.65. The Kier molecular flexibility index (Phi) is 3.46. The van der Waals surface area contributed by atoms with Crippen LogP contribution in [0.4, 0.5) is 0 Å². The third kappa shape index (κ3) is 1.84. The minimum atomic E-state index is 0.111. The Morgan fingerprint density at radius 1 is 1.70 bits per heavy atom. The van der Waals surface area contributed by atoms with Gasteiger partial charge in [-0.25, -0.2) is 0 Å². The highest BCUT2D eigenvalue weighted by atomic mass is 35.5. The molecule has 0 radical (unpaired) electrons. The van der Waals surface area contributed by atoms with E-state index < -0.39 is 0 Å². The Hall–Kier alpha value is 0.210. The fraction of sp³-hybridized carbons (Fsp3) is 1.00. The van der Waals surface area contributed by atoms with Crippen molar-refractivity contribution in [3.05, 3.63) is 0 Å². The van der Waals surface area contributed by atoms with E-state index in [-0.39, 0.29) is 12.2 Å². The number of methoxy groups -OCH3 is 1. The van der Waals surface area contributed by atoms with Crippen LogP contribution in [0, 0.1) is 0 Å². The lowest BCUT2D eigenvalue weighted by molar-refractivity contribution is -0.0795. The molecule has 2 nitrogen and oxygen atoms in total. The summed E-state index contributed by atoms with van der Waals surface area (Å²) in [5, 5.41) is 0. The van der Waals surface area contributed by atoms with E-state index in [1.807, 2.05) is 0 Å². The minimum absolute atomic E-state index is 0.111. The van der Waals surface area contributed by atoms with Gasteiger partial charge in [-0.05, 0) is 12.8 Å². The standard InChI is InChI=1S/C7H13ClO2/c1-9-6-3-2-4-10-7(6)5-8/h6-7H,2-5H2,1H3/t6-,7+/m0/s1. The maximum atomic E-state index is 5.65. The summed E-state index contributed by atoms with van der Waals surface area (Å²) in [6.45, 7) is 0.831. The maximum Gasteiger partial charge on any atom is 0.0971 e. The van der Waals surface area contributed by atoms with E-state index in [0.717, 1.165) is 19.4 Å². The number of hydrogen-bond donors (Lipinski definition) is 0. The predicted molar refractivity (Wildman–Crippen MR) is 40.5 cm³/mol. The van der Waals surface area contributed by atoms with E-state index in [4.69, 9.17) is 21.1 Å². The number of halogens is 1. The Balaban J connectivity index is 2.34. The lowest BCUT2D eigenvalue weighted by atomic mass is 10.1. The molecule has 1 aliphatic rings. The van der Waals surface area contributed by atoms with Crippen LogP contribution in [-0.2, 0) is 9.47 Å². The Morgan fingerprint density at radius 2 is 2.50 bits per heavy atom. The highest BCUT2D eigenvalue weighted by Crippen LogP contribution is 2.17. The van der Waals surface area contributed by atoms with E-state index >= 15 is 0 Å². The quantitative estimate of drug-likeness (QED) is 0.575. The smallest absolute Gasteiger partial charge is 0.0971 e. The molecule has 0 spiro atoms. The Morgan fingerprint density at radius 3 is 3.00 bits per heavy atom. The van der Waals surface area contributed by atoms with Crippen molar-refractivity contribution in [2.75, 3.05) is 19.6 Å². The normalized spacial score (nSPS) is 34.2. The number of alkyl halides is 1. The van der Waals surface area contributed by atoms with Gasteiger partial charge in [-0.15, -0.1) is 11.6 Å². The van der Waals surface area contributed by atoms with Crippen LogP contribution in [0.3, 0.4) is 0 Å². The molecule has 0 saturated carbocycles. The van der Waals surface area contributed by atoms with Gasteiger partial charge in [-0.2, -0.15) is 0 Å². The van der Waals surface area contributed by atoms with E-state index in [2.05, 4.69) is 0 Å². The Bertz CT molecular complexity index is 85.6. The molecule has 10 heavy (non-hydrogen) atoms. The van der Waals surface area contributed by atoms with Crippen molar-refractivity contribution in [3.63, 3.8) is 0 Å². The van der Waals surface area contributed by atoms with Crippen molar-refractivity contribution in [2.24, 2.45) is 0 Å². The molecule has 0 aromatic heterocycles. The maximum absolute atomic E-state index is 5.65. The molecule has 2 atom stereocenters. The van der Waals surface area contributed by atoms with Gasteiger partial charge in [0.05, 0.1) is 18.1 Å². The lowest BCUT2D eigenvalue weighted by Crippen LogP contribution is -2.36. The first-order valence-electron chi connectivity index (χ1n) is 3.59. The van der Waals surface area contributed by atoms with Crippen molar-refractivity contribution in [3.8, 4) is 0 Å². The monoisotopic (exact) mass is 164 g/mol. The van der Waals surface area contributed by atoms with Gasteiger partial charge in [0.15, 0.2) is 0 Å². The molecule has 0 aliphatic carbocycles. The van der Waals surface area contributed by atoms with Crippen LogP contribution in [0.1, 0.15) is 12.8 Å². The molecule has 1 saturated heterocycles. The summed E-state index contributed by atoms with van der Waals surface area (Å²) in [4.78, 5) is 0. The zero-order valence-electron chi connectivity index (χ0n) is 6.18. The number of ether oxygens (including phenoxy) is 2. The Labute approximate surface area is 66.5 Å². The zero-order valence-corrected chi connectivity index (χ0v) is 6.93. The first kappa shape index (κ1) is 8.31. The van der Waals surface area contributed by atoms with Gasteiger partial charge in [-0.1, -0.05) is 0 Å². The average molecular weight is 165 g/mol. The average Bonchev–Trinajstić information content (AvgIpc) is 2.04. The topological polar surface area (TPSA) is 18.5 Å². The van der Waals surface area contributed by atoms with Gasteiger partial charge in [0, 0.05) is 13.7 Å². The predicted octanol–water partition coefficient (Wildman–Crippen LogP) is 1.42. The zero-order chi connectivity index (χ0) is 7.40. The highest BCUT2D eigenvalue weighted by molar-refractivity contribution is 6.18. The molecule has 0 unspecified atom stereocenters. The second-order valence-corrected chi connectivity index (χ2v) is 2.79. The second-order valence-electron chi connectivity index (χ2n) is 2.48. The van der Waals surface area contributed by atoms with E-state index in [1.165, 1.54) is 0 Å². The lowest BCUT2D eigenvalue weighted by Gasteiger charge is -2.28. The van der Waals surface area contributed by atoms with Crippen LogP contribution in [0.2, 0.25) is 0 Å². The molecule has 0 bridgehead atoms. The third-order valence-electron chi connectivity index (χ3n) is 1.83. The number of rotatable bonds is 2. The molecule has 0 amide bonds. The molecule has 1 heterocycles. The molecule has 0 aromatic carbocycles. The van der Waals surface area contributed by atoms with Crippen LogP contribution >= 0.6 is 11.6 Å². The number of hydrogen-bond acceptors (Lipinski definition) is 2. The molecular weight excluding hydrogens is 152 g/mol. The first-order valence-corrected chi connectivity index (χ1v) is 4.12. The summed E-state index contributed by atoms with van der Waals surface area (Å²) in [6.07, 6.45) is 2.49. The van der Waals surface area contributed by atoms with Crippen LogP contribution in [0.25, 0.3) is 0 Å².